The third-order valence-electron chi connectivity index (χ3n) is 0.295. The lowest BCUT2D eigenvalue weighted by Crippen LogP contribution is -1.49. The molecule has 0 bridgehead atoms. The molecule has 0 aliphatic heterocycles. The van der Waals surface area contributed by atoms with Crippen LogP contribution in [0.15, 0.2) is 24.6 Å². The van der Waals surface area contributed by atoms with Gasteiger partial charge in [0, 0.05) is 6.08 Å². The molecule has 40 valence electrons. The molecular formula is C4H3F3. The predicted molar refractivity (Wildman–Crippen MR) is 20.5 cm³/mol. The van der Waals surface area contributed by atoms with Crippen molar-refractivity contribution in [1.82, 2.24) is 0 Å². The van der Waals surface area contributed by atoms with E-state index in [1.807, 2.05) is 0 Å². The molecule has 0 unspecified atom stereocenters. The number of allylic oxidation sites excluding steroid dienone is 2. The van der Waals surface area contributed by atoms with Gasteiger partial charge in [-0.3, -0.25) is 0 Å². The van der Waals surface area contributed by atoms with Crippen LogP contribution < -0.4 is 0 Å². The second-order valence-corrected chi connectivity index (χ2v) is 0.775. The topological polar surface area (TPSA) is 0 Å². The van der Waals surface area contributed by atoms with Gasteiger partial charge in [0.15, 0.2) is 0 Å². The number of rotatable bonds is 1. The first kappa shape index (κ1) is 6.27. The molecule has 0 rings (SSSR count). The Morgan fingerprint density at radius 2 is 1.86 bits per heavy atom. The maximum absolute atomic E-state index is 10.9. The van der Waals surface area contributed by atoms with E-state index < -0.39 is 6.08 Å². The summed E-state index contributed by atoms with van der Waals surface area (Å²) in [7, 11) is 0. The van der Waals surface area contributed by atoms with E-state index in [0.29, 0.717) is 12.2 Å². The van der Waals surface area contributed by atoms with Crippen molar-refractivity contribution < 1.29 is 13.2 Å². The smallest absolute Gasteiger partial charge is 0.216 e. The zero-order valence-electron chi connectivity index (χ0n) is 3.37. The van der Waals surface area contributed by atoms with Gasteiger partial charge in [-0.05, 0) is 6.08 Å². The molecular weight excluding hydrogens is 105 g/mol. The summed E-state index contributed by atoms with van der Waals surface area (Å²) in [5, 5.41) is 0. The summed E-state index contributed by atoms with van der Waals surface area (Å²) >= 11 is 0. The first-order valence-corrected chi connectivity index (χ1v) is 1.55. The van der Waals surface area contributed by atoms with Crippen molar-refractivity contribution in [3.8, 4) is 0 Å². The van der Waals surface area contributed by atoms with Gasteiger partial charge in [-0.15, -0.1) is 0 Å². The molecule has 0 spiro atoms. The maximum atomic E-state index is 10.9. The van der Waals surface area contributed by atoms with Crippen LogP contribution in [0.3, 0.4) is 0 Å². The average Bonchev–Trinajstić information content (AvgIpc) is 1.61. The molecule has 7 heavy (non-hydrogen) atoms. The monoisotopic (exact) mass is 108 g/mol. The fourth-order valence-corrected chi connectivity index (χ4v) is 0.109. The predicted octanol–water partition coefficient (Wildman–Crippen LogP) is 2.25. The Kier molecular flexibility index (Phi) is 3.10. The van der Waals surface area contributed by atoms with Crippen molar-refractivity contribution in [2.75, 3.05) is 0 Å². The van der Waals surface area contributed by atoms with Crippen molar-refractivity contribution in [2.24, 2.45) is 0 Å². The van der Waals surface area contributed by atoms with Crippen molar-refractivity contribution in [2.45, 2.75) is 0 Å². The van der Waals surface area contributed by atoms with E-state index in [1.165, 1.54) is 0 Å². The van der Waals surface area contributed by atoms with Crippen LogP contribution in [0.1, 0.15) is 0 Å². The van der Waals surface area contributed by atoms with Crippen molar-refractivity contribution in [3.63, 3.8) is 0 Å². The minimum absolute atomic E-state index is 0.0408. The van der Waals surface area contributed by atoms with Gasteiger partial charge in [0.25, 0.3) is 6.08 Å². The van der Waals surface area contributed by atoms with E-state index >= 15 is 0 Å². The van der Waals surface area contributed by atoms with Crippen LogP contribution in [-0.2, 0) is 0 Å². The van der Waals surface area contributed by atoms with Crippen molar-refractivity contribution in [1.29, 1.82) is 0 Å². The molecule has 0 amide bonds. The Morgan fingerprint density at radius 3 is 2.00 bits per heavy atom. The average molecular weight is 108 g/mol. The number of hydrogen-bond donors (Lipinski definition) is 0. The van der Waals surface area contributed by atoms with Gasteiger partial charge in [-0.25, -0.2) is 4.39 Å². The molecule has 0 saturated carbocycles. The molecule has 0 aliphatic rings. The molecule has 0 N–H and O–H groups in total. The highest BCUT2D eigenvalue weighted by molar-refractivity contribution is 4.99. The molecule has 0 atom stereocenters. The van der Waals surface area contributed by atoms with Crippen LogP contribution >= 0.6 is 0 Å². The lowest BCUT2D eigenvalue weighted by molar-refractivity contribution is 0.422. The summed E-state index contributed by atoms with van der Waals surface area (Å²) in [6.07, 6.45) is -0.858. The van der Waals surface area contributed by atoms with Crippen LogP contribution in [0, 0.1) is 0 Å². The van der Waals surface area contributed by atoms with Crippen molar-refractivity contribution >= 4 is 0 Å². The number of halogens is 3. The van der Waals surface area contributed by atoms with Gasteiger partial charge in [0.2, 0.25) is 0 Å². The number of hydrogen-bond acceptors (Lipinski definition) is 0. The van der Waals surface area contributed by atoms with E-state index in [9.17, 15) is 13.2 Å². The highest BCUT2D eigenvalue weighted by Gasteiger charge is 1.78. The Morgan fingerprint density at radius 1 is 1.29 bits per heavy atom. The summed E-state index contributed by atoms with van der Waals surface area (Å²) in [4.78, 5) is 0. The lowest BCUT2D eigenvalue weighted by Gasteiger charge is -1.67. The molecule has 0 nitrogen and oxygen atoms in total. The molecule has 3 heteroatoms. The van der Waals surface area contributed by atoms with Gasteiger partial charge in [-0.2, -0.15) is 8.78 Å². The minimum Gasteiger partial charge on any atom is -0.216 e. The maximum Gasteiger partial charge on any atom is 0.270 e. The fraction of sp³-hybridized carbons (Fsp3) is 0. The normalized spacial score (nSPS) is 9.57. The molecule has 0 fully saturated rings. The highest BCUT2D eigenvalue weighted by atomic mass is 19.3. The van der Waals surface area contributed by atoms with E-state index in [-0.39, 0.29) is 6.33 Å². The molecule has 0 aliphatic carbocycles. The fourth-order valence-electron chi connectivity index (χ4n) is 0.109. The molecule has 0 aromatic carbocycles. The van der Waals surface area contributed by atoms with Crippen LogP contribution in [0.5, 0.6) is 0 Å². The molecule has 0 radical (unpaired) electrons. The van der Waals surface area contributed by atoms with Crippen LogP contribution in [0.2, 0.25) is 0 Å². The second-order valence-electron chi connectivity index (χ2n) is 0.775. The Labute approximate surface area is 39.0 Å². The zero-order chi connectivity index (χ0) is 5.70. The highest BCUT2D eigenvalue weighted by Crippen LogP contribution is 1.95. The summed E-state index contributed by atoms with van der Waals surface area (Å²) in [5.74, 6) is 0. The van der Waals surface area contributed by atoms with Crippen LogP contribution in [0.25, 0.3) is 0 Å². The molecule has 0 saturated heterocycles. The van der Waals surface area contributed by atoms with E-state index in [4.69, 9.17) is 0 Å². The second kappa shape index (κ2) is 3.46. The van der Waals surface area contributed by atoms with Gasteiger partial charge in [0.05, 0.1) is 6.33 Å². The Hall–Kier alpha value is -0.730. The summed E-state index contributed by atoms with van der Waals surface area (Å²) < 4.78 is 32.5. The largest absolute Gasteiger partial charge is 0.270 e. The van der Waals surface area contributed by atoms with E-state index in [2.05, 4.69) is 0 Å². The van der Waals surface area contributed by atoms with E-state index in [1.54, 1.807) is 0 Å². The van der Waals surface area contributed by atoms with Crippen LogP contribution in [0.4, 0.5) is 13.2 Å². The standard InChI is InChI=1S/C4H3F3/c5-3-1-2-4(6)7/h1-3H/b3-1+. The molecule has 0 heterocycles. The van der Waals surface area contributed by atoms with Gasteiger partial charge >= 0.3 is 0 Å². The summed E-state index contributed by atoms with van der Waals surface area (Å²) in [6.45, 7) is 0. The van der Waals surface area contributed by atoms with Crippen molar-refractivity contribution in [3.05, 3.63) is 24.6 Å². The van der Waals surface area contributed by atoms with Crippen LogP contribution in [-0.4, -0.2) is 0 Å². The third-order valence-corrected chi connectivity index (χ3v) is 0.295. The quantitative estimate of drug-likeness (QED) is 0.452. The summed E-state index contributed by atoms with van der Waals surface area (Å²) in [5.41, 5.74) is 0. The van der Waals surface area contributed by atoms with Gasteiger partial charge < -0.3 is 0 Å². The summed E-state index contributed by atoms with van der Waals surface area (Å²) in [6, 6.07) is 0. The first-order valence-electron chi connectivity index (χ1n) is 1.55. The lowest BCUT2D eigenvalue weighted by atomic mass is 10.6. The first-order chi connectivity index (χ1) is 3.27. The van der Waals surface area contributed by atoms with Gasteiger partial charge in [-0.1, -0.05) is 0 Å². The third kappa shape index (κ3) is 5.27. The van der Waals surface area contributed by atoms with Gasteiger partial charge in [0.1, 0.15) is 0 Å². The molecule has 0 aromatic heterocycles. The minimum atomic E-state index is -1.89. The SMILES string of the molecule is F/C=C/C=C(F)F. The Bertz CT molecular complexity index is 89.1. The van der Waals surface area contributed by atoms with E-state index in [0.717, 1.165) is 0 Å². The zero-order valence-corrected chi connectivity index (χ0v) is 3.37. The Balaban J connectivity index is 3.46. The molecule has 0 aromatic rings.